The molecule has 0 aliphatic rings. The van der Waals surface area contributed by atoms with Gasteiger partial charge in [0.25, 0.3) is 0 Å². The highest BCUT2D eigenvalue weighted by Crippen LogP contribution is 2.14. The van der Waals surface area contributed by atoms with Crippen LogP contribution in [0, 0.1) is 6.92 Å². The van der Waals surface area contributed by atoms with Crippen molar-refractivity contribution in [1.82, 2.24) is 15.3 Å². The number of thioether (sulfide) groups is 1. The first-order valence-corrected chi connectivity index (χ1v) is 6.53. The minimum absolute atomic E-state index is 0.00646. The van der Waals surface area contributed by atoms with Gasteiger partial charge < -0.3 is 11.1 Å². The van der Waals surface area contributed by atoms with Crippen LogP contribution in [-0.2, 0) is 4.79 Å². The third-order valence-corrected chi connectivity index (χ3v) is 3.05. The van der Waals surface area contributed by atoms with Crippen molar-refractivity contribution in [3.63, 3.8) is 0 Å². The number of carbonyl (C=O) groups is 1. The second-order valence-corrected chi connectivity index (χ2v) is 4.82. The average Bonchev–Trinajstić information content (AvgIpc) is 2.25. The largest absolute Gasteiger partial charge is 0.384 e. The summed E-state index contributed by atoms with van der Waals surface area (Å²) in [4.78, 5) is 19.8. The van der Waals surface area contributed by atoms with Gasteiger partial charge in [0, 0.05) is 17.8 Å². The third kappa shape index (κ3) is 5.04. The van der Waals surface area contributed by atoms with Crippen molar-refractivity contribution in [2.24, 2.45) is 0 Å². The van der Waals surface area contributed by atoms with Crippen LogP contribution in [0.15, 0.2) is 11.2 Å². The Morgan fingerprint density at radius 1 is 1.59 bits per heavy atom. The highest BCUT2D eigenvalue weighted by Gasteiger charge is 2.08. The summed E-state index contributed by atoms with van der Waals surface area (Å²) in [6, 6.07) is 1.90. The number of aryl methyl sites for hydroxylation is 1. The zero-order valence-electron chi connectivity index (χ0n) is 10.4. The number of hydrogen-bond donors (Lipinski definition) is 2. The third-order valence-electron chi connectivity index (χ3n) is 2.21. The normalized spacial score (nSPS) is 12.2. The quantitative estimate of drug-likeness (QED) is 0.613. The van der Waals surface area contributed by atoms with E-state index >= 15 is 0 Å². The number of nitrogens with two attached hydrogens (primary N) is 1. The Bertz CT molecular complexity index is 377. The molecule has 1 aromatic heterocycles. The summed E-state index contributed by atoms with van der Waals surface area (Å²) >= 11 is 1.30. The topological polar surface area (TPSA) is 80.9 Å². The smallest absolute Gasteiger partial charge is 0.230 e. The molecular formula is C11H18N4OS. The molecule has 1 atom stereocenters. The maximum absolute atomic E-state index is 11.5. The maximum atomic E-state index is 11.5. The molecule has 1 rings (SSSR count). The van der Waals surface area contributed by atoms with Crippen LogP contribution in [-0.4, -0.2) is 27.7 Å². The Hall–Kier alpha value is -1.30. The van der Waals surface area contributed by atoms with E-state index in [0.29, 0.717) is 16.7 Å². The number of hydrogen-bond acceptors (Lipinski definition) is 5. The number of anilines is 1. The minimum Gasteiger partial charge on any atom is -0.384 e. The molecule has 6 heteroatoms. The lowest BCUT2D eigenvalue weighted by Gasteiger charge is -2.10. The monoisotopic (exact) mass is 254 g/mol. The number of nitrogens with zero attached hydrogens (tertiary/aromatic N) is 2. The van der Waals surface area contributed by atoms with E-state index < -0.39 is 0 Å². The van der Waals surface area contributed by atoms with E-state index in [0.717, 1.165) is 12.1 Å². The van der Waals surface area contributed by atoms with Gasteiger partial charge in [-0.25, -0.2) is 9.97 Å². The second kappa shape index (κ2) is 6.44. The molecule has 0 fully saturated rings. The molecule has 0 bridgehead atoms. The van der Waals surface area contributed by atoms with Crippen molar-refractivity contribution in [3.05, 3.63) is 11.8 Å². The lowest BCUT2D eigenvalue weighted by molar-refractivity contribution is -0.119. The molecule has 0 spiro atoms. The van der Waals surface area contributed by atoms with Crippen molar-refractivity contribution < 1.29 is 4.79 Å². The Morgan fingerprint density at radius 3 is 2.88 bits per heavy atom. The fourth-order valence-corrected chi connectivity index (χ4v) is 1.90. The standard InChI is InChI=1S/C11H18N4OS/c1-4-7(2)13-10(16)6-17-11-14-8(3)5-9(12)15-11/h5,7H,4,6H2,1-3H3,(H,13,16)(H2,12,14,15). The van der Waals surface area contributed by atoms with E-state index in [1.54, 1.807) is 6.07 Å². The Morgan fingerprint density at radius 2 is 2.29 bits per heavy atom. The van der Waals surface area contributed by atoms with Gasteiger partial charge in [-0.15, -0.1) is 0 Å². The van der Waals surface area contributed by atoms with Crippen LogP contribution < -0.4 is 11.1 Å². The highest BCUT2D eigenvalue weighted by atomic mass is 32.2. The van der Waals surface area contributed by atoms with Gasteiger partial charge in [0.1, 0.15) is 5.82 Å². The Kier molecular flexibility index (Phi) is 5.21. The Balaban J connectivity index is 2.47. The van der Waals surface area contributed by atoms with Crippen molar-refractivity contribution in [3.8, 4) is 0 Å². The van der Waals surface area contributed by atoms with Crippen LogP contribution in [0.4, 0.5) is 5.82 Å². The minimum atomic E-state index is -0.00646. The predicted octanol–water partition coefficient (Wildman–Crippen LogP) is 1.37. The number of rotatable bonds is 5. The fourth-order valence-electron chi connectivity index (χ4n) is 1.18. The summed E-state index contributed by atoms with van der Waals surface area (Å²) in [6.07, 6.45) is 0.921. The zero-order chi connectivity index (χ0) is 12.8. The number of carbonyl (C=O) groups excluding carboxylic acids is 1. The lowest BCUT2D eigenvalue weighted by atomic mass is 10.3. The van der Waals surface area contributed by atoms with E-state index in [9.17, 15) is 4.79 Å². The molecule has 94 valence electrons. The molecule has 0 saturated carbocycles. The SMILES string of the molecule is CCC(C)NC(=O)CSc1nc(C)cc(N)n1. The van der Waals surface area contributed by atoms with Crippen molar-refractivity contribution in [1.29, 1.82) is 0 Å². The van der Waals surface area contributed by atoms with Crippen LogP contribution >= 0.6 is 11.8 Å². The summed E-state index contributed by atoms with van der Waals surface area (Å²) in [7, 11) is 0. The van der Waals surface area contributed by atoms with E-state index in [4.69, 9.17) is 5.73 Å². The summed E-state index contributed by atoms with van der Waals surface area (Å²) in [5, 5.41) is 3.43. The van der Waals surface area contributed by atoms with Gasteiger partial charge in [-0.1, -0.05) is 18.7 Å². The zero-order valence-corrected chi connectivity index (χ0v) is 11.2. The van der Waals surface area contributed by atoms with Gasteiger partial charge in [0.05, 0.1) is 5.75 Å². The average molecular weight is 254 g/mol. The maximum Gasteiger partial charge on any atom is 0.230 e. The fraction of sp³-hybridized carbons (Fsp3) is 0.545. The highest BCUT2D eigenvalue weighted by molar-refractivity contribution is 7.99. The number of aromatic nitrogens is 2. The van der Waals surface area contributed by atoms with Crippen LogP contribution in [0.25, 0.3) is 0 Å². The molecule has 0 aromatic carbocycles. The van der Waals surface area contributed by atoms with Crippen LogP contribution in [0.2, 0.25) is 0 Å². The number of nitrogen functional groups attached to an aromatic ring is 1. The first kappa shape index (κ1) is 13.8. The first-order valence-electron chi connectivity index (χ1n) is 5.54. The van der Waals surface area contributed by atoms with Crippen LogP contribution in [0.1, 0.15) is 26.0 Å². The first-order chi connectivity index (χ1) is 8.01. The van der Waals surface area contributed by atoms with E-state index in [1.807, 2.05) is 20.8 Å². The van der Waals surface area contributed by atoms with Gasteiger partial charge in [0.15, 0.2) is 5.16 Å². The molecule has 0 aliphatic heterocycles. The number of nitrogens with one attached hydrogen (secondary N) is 1. The molecule has 0 saturated heterocycles. The molecule has 1 heterocycles. The Labute approximate surface area is 106 Å². The number of amides is 1. The molecule has 3 N–H and O–H groups in total. The molecular weight excluding hydrogens is 236 g/mol. The van der Waals surface area contributed by atoms with Crippen molar-refractivity contribution in [2.75, 3.05) is 11.5 Å². The second-order valence-electron chi connectivity index (χ2n) is 3.88. The molecule has 0 radical (unpaired) electrons. The summed E-state index contributed by atoms with van der Waals surface area (Å²) in [5.74, 6) is 0.739. The lowest BCUT2D eigenvalue weighted by Crippen LogP contribution is -2.33. The van der Waals surface area contributed by atoms with Crippen LogP contribution in [0.5, 0.6) is 0 Å². The summed E-state index contributed by atoms with van der Waals surface area (Å²) < 4.78 is 0. The van der Waals surface area contributed by atoms with Gasteiger partial charge in [-0.3, -0.25) is 4.79 Å². The predicted molar refractivity (Wildman–Crippen MR) is 69.8 cm³/mol. The van der Waals surface area contributed by atoms with Gasteiger partial charge >= 0.3 is 0 Å². The van der Waals surface area contributed by atoms with Crippen molar-refractivity contribution in [2.45, 2.75) is 38.4 Å². The molecule has 1 aromatic rings. The summed E-state index contributed by atoms with van der Waals surface area (Å²) in [6.45, 7) is 5.85. The molecule has 17 heavy (non-hydrogen) atoms. The molecule has 0 aliphatic carbocycles. The molecule has 5 nitrogen and oxygen atoms in total. The van der Waals surface area contributed by atoms with E-state index in [1.165, 1.54) is 11.8 Å². The van der Waals surface area contributed by atoms with Gasteiger partial charge in [0.2, 0.25) is 5.91 Å². The molecule has 1 amide bonds. The van der Waals surface area contributed by atoms with E-state index in [-0.39, 0.29) is 11.9 Å². The van der Waals surface area contributed by atoms with Gasteiger partial charge in [-0.05, 0) is 20.3 Å². The van der Waals surface area contributed by atoms with E-state index in [2.05, 4.69) is 15.3 Å². The van der Waals surface area contributed by atoms with Gasteiger partial charge in [-0.2, -0.15) is 0 Å². The molecule has 1 unspecified atom stereocenters. The van der Waals surface area contributed by atoms with Crippen LogP contribution in [0.3, 0.4) is 0 Å². The van der Waals surface area contributed by atoms with Crippen molar-refractivity contribution >= 4 is 23.5 Å². The summed E-state index contributed by atoms with van der Waals surface area (Å²) in [5.41, 5.74) is 6.41.